The summed E-state index contributed by atoms with van der Waals surface area (Å²) in [5.41, 5.74) is 5.73. The number of nitrogens with zero attached hydrogens (tertiary/aromatic N) is 2. The van der Waals surface area contributed by atoms with Crippen molar-refractivity contribution in [3.63, 3.8) is 0 Å². The molecule has 0 saturated heterocycles. The highest BCUT2D eigenvalue weighted by Gasteiger charge is 2.39. The molecular weight excluding hydrogens is 349 g/mol. The van der Waals surface area contributed by atoms with Crippen LogP contribution >= 0.6 is 35.6 Å². The van der Waals surface area contributed by atoms with Gasteiger partial charge in [0.1, 0.15) is 5.75 Å². The quantitative estimate of drug-likeness (QED) is 0.876. The molecule has 120 valence electrons. The zero-order valence-electron chi connectivity index (χ0n) is 11.9. The molecule has 22 heavy (non-hydrogen) atoms. The monoisotopic (exact) mass is 363 g/mol. The molecule has 2 aromatic rings. The van der Waals surface area contributed by atoms with Gasteiger partial charge in [-0.3, -0.25) is 0 Å². The Morgan fingerprint density at radius 2 is 1.91 bits per heavy atom. The largest absolute Gasteiger partial charge is 0.481 e. The van der Waals surface area contributed by atoms with E-state index in [9.17, 15) is 0 Å². The van der Waals surface area contributed by atoms with Gasteiger partial charge in [-0.2, -0.15) is 4.98 Å². The number of halogens is 3. The maximum absolute atomic E-state index is 6.17. The maximum atomic E-state index is 6.17. The fourth-order valence-corrected chi connectivity index (χ4v) is 2.74. The van der Waals surface area contributed by atoms with Crippen molar-refractivity contribution in [2.45, 2.75) is 37.8 Å². The molecule has 1 saturated carbocycles. The van der Waals surface area contributed by atoms with Gasteiger partial charge in [0.05, 0.1) is 5.54 Å². The topological polar surface area (TPSA) is 74.2 Å². The first kappa shape index (κ1) is 17.3. The molecule has 1 aromatic carbocycles. The Balaban J connectivity index is 0.00000176. The lowest BCUT2D eigenvalue weighted by molar-refractivity contribution is 0.174. The second kappa shape index (κ2) is 6.62. The van der Waals surface area contributed by atoms with E-state index in [1.807, 2.05) is 6.92 Å². The molecule has 0 aliphatic heterocycles. The van der Waals surface area contributed by atoms with Crippen LogP contribution in [0.5, 0.6) is 5.75 Å². The third kappa shape index (κ3) is 3.49. The third-order valence-corrected chi connectivity index (χ3v) is 4.07. The van der Waals surface area contributed by atoms with Crippen molar-refractivity contribution < 1.29 is 9.26 Å². The Bertz CT molecular complexity index is 638. The number of benzene rings is 1. The van der Waals surface area contributed by atoms with Gasteiger partial charge in [0.15, 0.2) is 11.9 Å². The SMILES string of the molecule is CC(Oc1cc(Cl)cc(Cl)c1)c1nc(C2(N)CCC2)no1.Cl. The molecule has 3 rings (SSSR count). The molecule has 8 heteroatoms. The predicted octanol–water partition coefficient (Wildman–Crippen LogP) is 4.28. The van der Waals surface area contributed by atoms with Gasteiger partial charge in [-0.1, -0.05) is 28.4 Å². The average molecular weight is 365 g/mol. The first-order valence-corrected chi connectivity index (χ1v) is 7.48. The van der Waals surface area contributed by atoms with Crippen LogP contribution < -0.4 is 10.5 Å². The molecule has 1 unspecified atom stereocenters. The van der Waals surface area contributed by atoms with Crippen molar-refractivity contribution in [1.29, 1.82) is 0 Å². The van der Waals surface area contributed by atoms with E-state index in [1.165, 1.54) is 0 Å². The van der Waals surface area contributed by atoms with Crippen LogP contribution in [0, 0.1) is 0 Å². The van der Waals surface area contributed by atoms with Crippen molar-refractivity contribution in [2.24, 2.45) is 5.73 Å². The number of aromatic nitrogens is 2. The van der Waals surface area contributed by atoms with E-state index >= 15 is 0 Å². The molecule has 1 atom stereocenters. The van der Waals surface area contributed by atoms with E-state index in [0.29, 0.717) is 27.5 Å². The van der Waals surface area contributed by atoms with E-state index in [0.717, 1.165) is 19.3 Å². The smallest absolute Gasteiger partial charge is 0.267 e. The Labute approximate surface area is 144 Å². The highest BCUT2D eigenvalue weighted by Crippen LogP contribution is 2.37. The highest BCUT2D eigenvalue weighted by atomic mass is 35.5. The minimum Gasteiger partial charge on any atom is -0.481 e. The van der Waals surface area contributed by atoms with Gasteiger partial charge >= 0.3 is 0 Å². The Morgan fingerprint density at radius 1 is 1.27 bits per heavy atom. The van der Waals surface area contributed by atoms with Gasteiger partial charge in [0.25, 0.3) is 5.89 Å². The van der Waals surface area contributed by atoms with Crippen LogP contribution in [-0.2, 0) is 5.54 Å². The lowest BCUT2D eigenvalue weighted by atomic mass is 9.77. The first-order chi connectivity index (χ1) is 9.96. The number of hydrogen-bond acceptors (Lipinski definition) is 5. The molecular formula is C14H16Cl3N3O2. The van der Waals surface area contributed by atoms with Crippen molar-refractivity contribution in [2.75, 3.05) is 0 Å². The second-order valence-electron chi connectivity index (χ2n) is 5.33. The maximum Gasteiger partial charge on any atom is 0.267 e. The molecule has 1 heterocycles. The molecule has 0 amide bonds. The van der Waals surface area contributed by atoms with Crippen LogP contribution in [0.4, 0.5) is 0 Å². The minimum absolute atomic E-state index is 0. The number of hydrogen-bond donors (Lipinski definition) is 1. The summed E-state index contributed by atoms with van der Waals surface area (Å²) >= 11 is 11.9. The van der Waals surface area contributed by atoms with Crippen molar-refractivity contribution in [1.82, 2.24) is 10.1 Å². The molecule has 1 aliphatic carbocycles. The fourth-order valence-electron chi connectivity index (χ4n) is 2.23. The summed E-state index contributed by atoms with van der Waals surface area (Å²) in [4.78, 5) is 4.35. The lowest BCUT2D eigenvalue weighted by Crippen LogP contribution is -2.44. The number of nitrogens with two attached hydrogens (primary N) is 1. The van der Waals surface area contributed by atoms with Gasteiger partial charge in [-0.05, 0) is 44.4 Å². The molecule has 1 aromatic heterocycles. The van der Waals surface area contributed by atoms with E-state index in [4.69, 9.17) is 38.2 Å². The van der Waals surface area contributed by atoms with Crippen LogP contribution in [0.15, 0.2) is 22.7 Å². The van der Waals surface area contributed by atoms with E-state index < -0.39 is 11.6 Å². The summed E-state index contributed by atoms with van der Waals surface area (Å²) in [6.45, 7) is 1.82. The molecule has 0 radical (unpaired) electrons. The predicted molar refractivity (Wildman–Crippen MR) is 86.8 cm³/mol. The summed E-state index contributed by atoms with van der Waals surface area (Å²) < 4.78 is 11.0. The summed E-state index contributed by atoms with van der Waals surface area (Å²) in [6, 6.07) is 5.00. The number of ether oxygens (including phenoxy) is 1. The molecule has 5 nitrogen and oxygen atoms in total. The van der Waals surface area contributed by atoms with Crippen LogP contribution in [0.25, 0.3) is 0 Å². The highest BCUT2D eigenvalue weighted by molar-refractivity contribution is 6.34. The number of rotatable bonds is 4. The molecule has 1 aliphatic rings. The van der Waals surface area contributed by atoms with Gasteiger partial charge in [0, 0.05) is 10.0 Å². The Kier molecular flexibility index (Phi) is 5.22. The minimum atomic E-state index is -0.444. The van der Waals surface area contributed by atoms with Gasteiger partial charge < -0.3 is 15.0 Å². The summed E-state index contributed by atoms with van der Waals surface area (Å²) in [5.74, 6) is 1.48. The summed E-state index contributed by atoms with van der Waals surface area (Å²) in [5, 5.41) is 4.98. The van der Waals surface area contributed by atoms with Gasteiger partial charge in [-0.15, -0.1) is 12.4 Å². The van der Waals surface area contributed by atoms with E-state index in [-0.39, 0.29) is 12.4 Å². The van der Waals surface area contributed by atoms with Crippen molar-refractivity contribution in [3.8, 4) is 5.75 Å². The summed E-state index contributed by atoms with van der Waals surface area (Å²) in [6.07, 6.45) is 2.44. The fraction of sp³-hybridized carbons (Fsp3) is 0.429. The van der Waals surface area contributed by atoms with E-state index in [2.05, 4.69) is 10.1 Å². The van der Waals surface area contributed by atoms with Crippen LogP contribution in [0.2, 0.25) is 10.0 Å². The Morgan fingerprint density at radius 3 is 2.45 bits per heavy atom. The second-order valence-corrected chi connectivity index (χ2v) is 6.20. The van der Waals surface area contributed by atoms with E-state index in [1.54, 1.807) is 18.2 Å². The van der Waals surface area contributed by atoms with Crippen molar-refractivity contribution in [3.05, 3.63) is 40.0 Å². The average Bonchev–Trinajstić information content (AvgIpc) is 2.84. The molecule has 1 fully saturated rings. The van der Waals surface area contributed by atoms with Crippen LogP contribution in [0.3, 0.4) is 0 Å². The third-order valence-electron chi connectivity index (χ3n) is 3.63. The standard InChI is InChI=1S/C14H15Cl2N3O2.ClH/c1-8(20-11-6-9(15)5-10(16)7-11)12-18-13(19-21-12)14(17)3-2-4-14;/h5-8H,2-4,17H2,1H3;1H. The Hall–Kier alpha value is -1.01. The van der Waals surface area contributed by atoms with Crippen molar-refractivity contribution >= 4 is 35.6 Å². The molecule has 0 spiro atoms. The van der Waals surface area contributed by atoms with Gasteiger partial charge in [-0.25, -0.2) is 0 Å². The molecule has 2 N–H and O–H groups in total. The molecule has 0 bridgehead atoms. The zero-order chi connectivity index (χ0) is 15.0. The normalized spacial score (nSPS) is 17.3. The van der Waals surface area contributed by atoms with Crippen LogP contribution in [0.1, 0.15) is 44.0 Å². The first-order valence-electron chi connectivity index (χ1n) is 6.72. The summed E-state index contributed by atoms with van der Waals surface area (Å²) in [7, 11) is 0. The lowest BCUT2D eigenvalue weighted by Gasteiger charge is -2.34. The zero-order valence-corrected chi connectivity index (χ0v) is 14.2. The van der Waals surface area contributed by atoms with Gasteiger partial charge in [0.2, 0.25) is 0 Å². The van der Waals surface area contributed by atoms with Crippen LogP contribution in [-0.4, -0.2) is 10.1 Å².